The molecule has 90 valence electrons. The number of hydrogen-bond donors (Lipinski definition) is 0. The van der Waals surface area contributed by atoms with Crippen LogP contribution in [0.25, 0.3) is 0 Å². The maximum atomic E-state index is 5.81. The first-order valence-corrected chi connectivity index (χ1v) is 6.25. The van der Waals surface area contributed by atoms with Gasteiger partial charge in [0.05, 0.1) is 15.9 Å². The minimum Gasteiger partial charge on any atom is -0.487 e. The largest absolute Gasteiger partial charge is 0.487 e. The predicted octanol–water partition coefficient (Wildman–Crippen LogP) is 3.38. The average Bonchev–Trinajstić information content (AvgIpc) is 2.53. The van der Waals surface area contributed by atoms with Crippen LogP contribution in [-0.4, -0.2) is 9.78 Å². The predicted molar refractivity (Wildman–Crippen MR) is 71.2 cm³/mol. The molecule has 0 unspecified atom stereocenters. The Bertz CT molecular complexity index is 534. The van der Waals surface area contributed by atoms with Crippen molar-refractivity contribution in [3.8, 4) is 5.75 Å². The topological polar surface area (TPSA) is 27.1 Å². The highest BCUT2D eigenvalue weighted by Crippen LogP contribution is 2.23. The summed E-state index contributed by atoms with van der Waals surface area (Å²) in [6.07, 6.45) is 0. The van der Waals surface area contributed by atoms with Crippen LogP contribution in [-0.2, 0) is 13.7 Å². The lowest BCUT2D eigenvalue weighted by atomic mass is 10.2. The quantitative estimate of drug-likeness (QED) is 0.868. The number of aryl methyl sites for hydroxylation is 3. The van der Waals surface area contributed by atoms with Crippen LogP contribution < -0.4 is 4.74 Å². The third-order valence-corrected chi connectivity index (χ3v) is 3.75. The van der Waals surface area contributed by atoms with Gasteiger partial charge >= 0.3 is 0 Å². The summed E-state index contributed by atoms with van der Waals surface area (Å²) >= 11 is 3.53. The Balaban J connectivity index is 2.15. The van der Waals surface area contributed by atoms with Gasteiger partial charge in [-0.15, -0.1) is 0 Å². The Morgan fingerprint density at radius 2 is 2.00 bits per heavy atom. The maximum absolute atomic E-state index is 5.81. The maximum Gasteiger partial charge on any atom is 0.131 e. The molecule has 1 heterocycles. The molecule has 0 bridgehead atoms. The first kappa shape index (κ1) is 12.2. The van der Waals surface area contributed by atoms with Crippen LogP contribution >= 0.6 is 15.9 Å². The molecule has 2 aromatic rings. The molecule has 0 saturated heterocycles. The van der Waals surface area contributed by atoms with E-state index < -0.39 is 0 Å². The smallest absolute Gasteiger partial charge is 0.131 e. The number of hydrogen-bond acceptors (Lipinski definition) is 2. The fourth-order valence-corrected chi connectivity index (χ4v) is 2.15. The minimum absolute atomic E-state index is 0.517. The van der Waals surface area contributed by atoms with E-state index in [0.29, 0.717) is 6.61 Å². The monoisotopic (exact) mass is 294 g/mol. The molecule has 0 fully saturated rings. The molecule has 3 nitrogen and oxygen atoms in total. The lowest BCUT2D eigenvalue weighted by molar-refractivity contribution is 0.292. The molecule has 1 aromatic carbocycles. The van der Waals surface area contributed by atoms with Gasteiger partial charge in [0, 0.05) is 7.05 Å². The molecule has 0 aliphatic heterocycles. The highest BCUT2D eigenvalue weighted by atomic mass is 79.9. The van der Waals surface area contributed by atoms with E-state index in [0.717, 1.165) is 27.2 Å². The van der Waals surface area contributed by atoms with Crippen molar-refractivity contribution in [3.63, 3.8) is 0 Å². The normalized spacial score (nSPS) is 10.6. The van der Waals surface area contributed by atoms with Crippen molar-refractivity contribution in [2.45, 2.75) is 20.5 Å². The average molecular weight is 295 g/mol. The third kappa shape index (κ3) is 2.52. The van der Waals surface area contributed by atoms with Crippen molar-refractivity contribution in [2.75, 3.05) is 0 Å². The van der Waals surface area contributed by atoms with Crippen LogP contribution in [0.3, 0.4) is 0 Å². The second-order valence-corrected chi connectivity index (χ2v) is 4.82. The summed E-state index contributed by atoms with van der Waals surface area (Å²) < 4.78 is 8.67. The molecular weight excluding hydrogens is 280 g/mol. The number of benzene rings is 1. The summed E-state index contributed by atoms with van der Waals surface area (Å²) in [5.74, 6) is 0.915. The van der Waals surface area contributed by atoms with Crippen LogP contribution in [0.1, 0.15) is 17.0 Å². The van der Waals surface area contributed by atoms with E-state index in [1.54, 1.807) is 0 Å². The number of para-hydroxylation sites is 1. The molecule has 2 rings (SSSR count). The summed E-state index contributed by atoms with van der Waals surface area (Å²) in [6, 6.07) is 8.00. The minimum atomic E-state index is 0.517. The molecule has 4 heteroatoms. The summed E-state index contributed by atoms with van der Waals surface area (Å²) in [5, 5.41) is 4.34. The summed E-state index contributed by atoms with van der Waals surface area (Å²) in [7, 11) is 1.92. The standard InChI is InChI=1S/C13H15BrN2O/c1-9-6-4-5-7-12(9)17-8-11-13(14)10(2)15-16(11)3/h4-7H,8H2,1-3H3. The van der Waals surface area contributed by atoms with E-state index in [-0.39, 0.29) is 0 Å². The first-order chi connectivity index (χ1) is 8.09. The number of aromatic nitrogens is 2. The molecule has 0 N–H and O–H groups in total. The number of ether oxygens (including phenoxy) is 1. The van der Waals surface area contributed by atoms with Gasteiger partial charge in [0.1, 0.15) is 12.4 Å². The molecule has 0 spiro atoms. The van der Waals surface area contributed by atoms with Crippen LogP contribution in [0.4, 0.5) is 0 Å². The Kier molecular flexibility index (Phi) is 3.52. The van der Waals surface area contributed by atoms with Crippen molar-refractivity contribution >= 4 is 15.9 Å². The van der Waals surface area contributed by atoms with Gasteiger partial charge in [-0.25, -0.2) is 0 Å². The number of halogens is 1. The second-order valence-electron chi connectivity index (χ2n) is 4.02. The van der Waals surface area contributed by atoms with Crippen molar-refractivity contribution in [3.05, 3.63) is 45.7 Å². The Morgan fingerprint density at radius 1 is 1.29 bits per heavy atom. The van der Waals surface area contributed by atoms with Gasteiger partial charge < -0.3 is 4.74 Å². The van der Waals surface area contributed by atoms with Crippen molar-refractivity contribution < 1.29 is 4.74 Å². The van der Waals surface area contributed by atoms with Crippen LogP contribution in [0.15, 0.2) is 28.7 Å². The van der Waals surface area contributed by atoms with Gasteiger partial charge in [0.2, 0.25) is 0 Å². The SMILES string of the molecule is Cc1ccccc1OCc1c(Br)c(C)nn1C. The highest BCUT2D eigenvalue weighted by Gasteiger charge is 2.11. The van der Waals surface area contributed by atoms with Crippen molar-refractivity contribution in [1.82, 2.24) is 9.78 Å². The van der Waals surface area contributed by atoms with Crippen molar-refractivity contribution in [1.29, 1.82) is 0 Å². The lowest BCUT2D eigenvalue weighted by Crippen LogP contribution is -2.04. The van der Waals surface area contributed by atoms with Gasteiger partial charge in [-0.2, -0.15) is 5.10 Å². The number of rotatable bonds is 3. The fourth-order valence-electron chi connectivity index (χ4n) is 1.70. The zero-order chi connectivity index (χ0) is 12.4. The molecule has 0 aliphatic carbocycles. The third-order valence-electron chi connectivity index (χ3n) is 2.72. The second kappa shape index (κ2) is 4.92. The summed E-state index contributed by atoms with van der Waals surface area (Å²) in [6.45, 7) is 4.53. The van der Waals surface area contributed by atoms with E-state index in [4.69, 9.17) is 4.74 Å². The van der Waals surface area contributed by atoms with E-state index in [9.17, 15) is 0 Å². The Hall–Kier alpha value is -1.29. The van der Waals surface area contributed by atoms with Gasteiger partial charge in [-0.1, -0.05) is 18.2 Å². The van der Waals surface area contributed by atoms with Gasteiger partial charge in [0.25, 0.3) is 0 Å². The molecular formula is C13H15BrN2O. The van der Waals surface area contributed by atoms with Crippen molar-refractivity contribution in [2.24, 2.45) is 7.05 Å². The molecule has 0 aliphatic rings. The fraction of sp³-hybridized carbons (Fsp3) is 0.308. The first-order valence-electron chi connectivity index (χ1n) is 5.46. The van der Waals surface area contributed by atoms with Gasteiger partial charge in [-0.05, 0) is 41.4 Å². The molecule has 0 saturated carbocycles. The van der Waals surface area contributed by atoms with Gasteiger partial charge in [-0.3, -0.25) is 4.68 Å². The molecule has 1 aromatic heterocycles. The Labute approximate surface area is 110 Å². The molecule has 0 amide bonds. The van der Waals surface area contributed by atoms with Crippen LogP contribution in [0.5, 0.6) is 5.75 Å². The van der Waals surface area contributed by atoms with E-state index in [1.165, 1.54) is 0 Å². The Morgan fingerprint density at radius 3 is 2.59 bits per heavy atom. The van der Waals surface area contributed by atoms with E-state index in [2.05, 4.69) is 21.0 Å². The van der Waals surface area contributed by atoms with Gasteiger partial charge in [0.15, 0.2) is 0 Å². The summed E-state index contributed by atoms with van der Waals surface area (Å²) in [5.41, 5.74) is 3.17. The zero-order valence-electron chi connectivity index (χ0n) is 10.2. The number of nitrogens with zero attached hydrogens (tertiary/aromatic N) is 2. The zero-order valence-corrected chi connectivity index (χ0v) is 11.8. The van der Waals surface area contributed by atoms with E-state index in [1.807, 2.05) is 49.8 Å². The highest BCUT2D eigenvalue weighted by molar-refractivity contribution is 9.10. The van der Waals surface area contributed by atoms with Crippen LogP contribution in [0.2, 0.25) is 0 Å². The van der Waals surface area contributed by atoms with E-state index >= 15 is 0 Å². The lowest BCUT2D eigenvalue weighted by Gasteiger charge is -2.09. The molecule has 17 heavy (non-hydrogen) atoms. The molecule has 0 atom stereocenters. The molecule has 0 radical (unpaired) electrons. The summed E-state index contributed by atoms with van der Waals surface area (Å²) in [4.78, 5) is 0. The van der Waals surface area contributed by atoms with Crippen LogP contribution in [0, 0.1) is 13.8 Å².